The van der Waals surface area contributed by atoms with Crippen LogP contribution in [0.5, 0.6) is 11.5 Å². The van der Waals surface area contributed by atoms with Crippen LogP contribution in [0.15, 0.2) is 24.3 Å². The van der Waals surface area contributed by atoms with Gasteiger partial charge in [0.15, 0.2) is 0 Å². The van der Waals surface area contributed by atoms with Gasteiger partial charge in [-0.1, -0.05) is 35.2 Å². The average Bonchev–Trinajstić information content (AvgIpc) is 2.46. The zero-order valence-electron chi connectivity index (χ0n) is 11.6. The van der Waals surface area contributed by atoms with Gasteiger partial charge in [0.2, 0.25) is 0 Å². The smallest absolute Gasteiger partial charge is 0.493 e. The van der Waals surface area contributed by atoms with Crippen molar-refractivity contribution in [2.75, 3.05) is 11.9 Å². The van der Waals surface area contributed by atoms with E-state index in [0.29, 0.717) is 12.4 Å². The molecule has 1 aromatic rings. The van der Waals surface area contributed by atoms with Crippen molar-refractivity contribution in [1.82, 2.24) is 0 Å². The second-order valence-electron chi connectivity index (χ2n) is 5.50. The Bertz CT molecular complexity index is 439. The molecule has 0 N–H and O–H groups in total. The van der Waals surface area contributed by atoms with E-state index in [1.165, 1.54) is 43.5 Å². The minimum Gasteiger partial charge on any atom is -0.493 e. The van der Waals surface area contributed by atoms with Gasteiger partial charge in [-0.15, -0.1) is 13.2 Å². The second-order valence-corrected chi connectivity index (χ2v) is 6.06. The molecule has 0 heterocycles. The van der Waals surface area contributed by atoms with Crippen LogP contribution in [-0.4, -0.2) is 18.3 Å². The van der Waals surface area contributed by atoms with Gasteiger partial charge in [-0.2, -0.15) is 0 Å². The Morgan fingerprint density at radius 1 is 1.00 bits per heavy atom. The van der Waals surface area contributed by atoms with Gasteiger partial charge in [0.05, 0.1) is 6.61 Å². The Morgan fingerprint density at radius 2 is 1.57 bits per heavy atom. The van der Waals surface area contributed by atoms with Crippen molar-refractivity contribution in [1.29, 1.82) is 0 Å². The summed E-state index contributed by atoms with van der Waals surface area (Å²) < 4.78 is 45.8. The Balaban J connectivity index is 1.91. The van der Waals surface area contributed by atoms with Crippen LogP contribution in [-0.2, 0) is 0 Å². The number of rotatable bonds is 5. The highest BCUT2D eigenvalue weighted by molar-refractivity contribution is 9.09. The fraction of sp³-hybridized carbons (Fsp3) is 0.600. The predicted molar refractivity (Wildman–Crippen MR) is 77.9 cm³/mol. The predicted octanol–water partition coefficient (Wildman–Crippen LogP) is 5.31. The highest BCUT2D eigenvalue weighted by atomic mass is 79.9. The quantitative estimate of drug-likeness (QED) is 0.657. The van der Waals surface area contributed by atoms with E-state index in [0.717, 1.165) is 18.2 Å². The molecule has 0 radical (unpaired) electrons. The van der Waals surface area contributed by atoms with Gasteiger partial charge < -0.3 is 9.47 Å². The average molecular weight is 367 g/mol. The zero-order valence-corrected chi connectivity index (χ0v) is 13.2. The molecule has 0 bridgehead atoms. The molecule has 1 fully saturated rings. The van der Waals surface area contributed by atoms with E-state index in [2.05, 4.69) is 20.7 Å². The minimum absolute atomic E-state index is 0.138. The first kappa shape index (κ1) is 16.5. The summed E-state index contributed by atoms with van der Waals surface area (Å²) in [7, 11) is 0. The monoisotopic (exact) mass is 366 g/mol. The third-order valence-corrected chi connectivity index (χ3v) is 4.99. The summed E-state index contributed by atoms with van der Waals surface area (Å²) in [5, 5.41) is 0.884. The van der Waals surface area contributed by atoms with E-state index < -0.39 is 6.36 Å². The van der Waals surface area contributed by atoms with Gasteiger partial charge in [0.1, 0.15) is 11.5 Å². The Morgan fingerprint density at radius 3 is 2.10 bits per heavy atom. The SMILES string of the molecule is FC(F)(F)Oc1ccc(OCC2(CBr)CCCCC2)cc1. The van der Waals surface area contributed by atoms with Gasteiger partial charge >= 0.3 is 6.36 Å². The maximum absolute atomic E-state index is 12.1. The fourth-order valence-corrected chi connectivity index (χ4v) is 3.31. The highest BCUT2D eigenvalue weighted by Crippen LogP contribution is 2.38. The Hall–Kier alpha value is -0.910. The largest absolute Gasteiger partial charge is 0.573 e. The standard InChI is InChI=1S/C15H18BrF3O2/c16-10-14(8-2-1-3-9-14)11-20-12-4-6-13(7-5-12)21-15(17,18)19/h4-7H,1-3,8-11H2. The van der Waals surface area contributed by atoms with E-state index in [1.54, 1.807) is 0 Å². The van der Waals surface area contributed by atoms with E-state index in [-0.39, 0.29) is 11.2 Å². The summed E-state index contributed by atoms with van der Waals surface area (Å²) in [5.41, 5.74) is 0.138. The van der Waals surface area contributed by atoms with Gasteiger partial charge in [0.25, 0.3) is 0 Å². The summed E-state index contributed by atoms with van der Waals surface area (Å²) in [6, 6.07) is 5.55. The van der Waals surface area contributed by atoms with Crippen LogP contribution in [0.2, 0.25) is 0 Å². The molecule has 1 aromatic carbocycles. The zero-order chi connectivity index (χ0) is 15.3. The third-order valence-electron chi connectivity index (χ3n) is 3.80. The lowest BCUT2D eigenvalue weighted by Gasteiger charge is -2.35. The first-order valence-corrected chi connectivity index (χ1v) is 8.09. The molecule has 21 heavy (non-hydrogen) atoms. The van der Waals surface area contributed by atoms with Gasteiger partial charge in [-0.05, 0) is 37.1 Å². The maximum Gasteiger partial charge on any atom is 0.573 e. The number of alkyl halides is 4. The third kappa shape index (κ3) is 5.09. The van der Waals surface area contributed by atoms with E-state index in [1.807, 2.05) is 0 Å². The van der Waals surface area contributed by atoms with Crippen LogP contribution in [0.4, 0.5) is 13.2 Å². The molecule has 1 saturated carbocycles. The van der Waals surface area contributed by atoms with Crippen molar-refractivity contribution in [2.45, 2.75) is 38.5 Å². The van der Waals surface area contributed by atoms with Crippen LogP contribution in [0.25, 0.3) is 0 Å². The number of benzene rings is 1. The fourth-order valence-electron chi connectivity index (χ4n) is 2.59. The Labute approximate surface area is 130 Å². The summed E-state index contributed by atoms with van der Waals surface area (Å²) in [6.45, 7) is 0.581. The lowest BCUT2D eigenvalue weighted by molar-refractivity contribution is -0.274. The van der Waals surface area contributed by atoms with E-state index >= 15 is 0 Å². The molecule has 2 rings (SSSR count). The van der Waals surface area contributed by atoms with Crippen molar-refractivity contribution in [2.24, 2.45) is 5.41 Å². The number of hydrogen-bond acceptors (Lipinski definition) is 2. The van der Waals surface area contributed by atoms with Crippen molar-refractivity contribution in [3.63, 3.8) is 0 Å². The van der Waals surface area contributed by atoms with Crippen LogP contribution in [0.3, 0.4) is 0 Å². The lowest BCUT2D eigenvalue weighted by Crippen LogP contribution is -2.32. The van der Waals surface area contributed by atoms with Gasteiger partial charge in [-0.3, -0.25) is 0 Å². The lowest BCUT2D eigenvalue weighted by atomic mass is 9.76. The highest BCUT2D eigenvalue weighted by Gasteiger charge is 2.32. The molecule has 0 spiro atoms. The second kappa shape index (κ2) is 6.90. The molecule has 2 nitrogen and oxygen atoms in total. The molecule has 1 aliphatic carbocycles. The molecule has 0 saturated heterocycles. The number of ether oxygens (including phenoxy) is 2. The van der Waals surface area contributed by atoms with Crippen LogP contribution >= 0.6 is 15.9 Å². The van der Waals surface area contributed by atoms with Crippen LogP contribution in [0, 0.1) is 5.41 Å². The molecular weight excluding hydrogens is 349 g/mol. The summed E-state index contributed by atoms with van der Waals surface area (Å²) in [4.78, 5) is 0. The van der Waals surface area contributed by atoms with Crippen molar-refractivity contribution in [3.8, 4) is 11.5 Å². The number of halogens is 4. The molecular formula is C15H18BrF3O2. The normalized spacial score (nSPS) is 18.3. The minimum atomic E-state index is -4.66. The summed E-state index contributed by atoms with van der Waals surface area (Å²) in [6.07, 6.45) is 1.24. The van der Waals surface area contributed by atoms with Crippen LogP contribution < -0.4 is 9.47 Å². The molecule has 1 aliphatic rings. The molecule has 0 aromatic heterocycles. The number of hydrogen-bond donors (Lipinski definition) is 0. The first-order valence-electron chi connectivity index (χ1n) is 6.97. The summed E-state index contributed by atoms with van der Waals surface area (Å²) in [5.74, 6) is 0.332. The summed E-state index contributed by atoms with van der Waals surface area (Å²) >= 11 is 3.56. The Kier molecular flexibility index (Phi) is 5.41. The molecule has 0 unspecified atom stereocenters. The molecule has 0 amide bonds. The topological polar surface area (TPSA) is 18.5 Å². The maximum atomic E-state index is 12.1. The molecule has 0 aliphatic heterocycles. The molecule has 6 heteroatoms. The van der Waals surface area contributed by atoms with E-state index in [4.69, 9.17) is 4.74 Å². The van der Waals surface area contributed by atoms with Crippen molar-refractivity contribution < 1.29 is 22.6 Å². The van der Waals surface area contributed by atoms with Crippen LogP contribution in [0.1, 0.15) is 32.1 Å². The van der Waals surface area contributed by atoms with Crippen molar-refractivity contribution >= 4 is 15.9 Å². The first-order chi connectivity index (χ1) is 9.92. The molecule has 0 atom stereocenters. The van der Waals surface area contributed by atoms with E-state index in [9.17, 15) is 13.2 Å². The van der Waals surface area contributed by atoms with Gasteiger partial charge in [0, 0.05) is 10.7 Å². The molecule has 118 valence electrons. The van der Waals surface area contributed by atoms with Gasteiger partial charge in [-0.25, -0.2) is 0 Å². The van der Waals surface area contributed by atoms with Crippen molar-refractivity contribution in [3.05, 3.63) is 24.3 Å².